The second-order valence-electron chi connectivity index (χ2n) is 8.32. The van der Waals surface area contributed by atoms with Gasteiger partial charge in [-0.25, -0.2) is 8.42 Å². The highest BCUT2D eigenvalue weighted by atomic mass is 32.2. The van der Waals surface area contributed by atoms with Crippen molar-refractivity contribution in [2.24, 2.45) is 5.92 Å². The molecule has 3 aromatic rings. The molecule has 2 bridgehead atoms. The molecule has 2 aliphatic rings. The predicted molar refractivity (Wildman–Crippen MR) is 125 cm³/mol. The van der Waals surface area contributed by atoms with Crippen molar-refractivity contribution in [2.75, 3.05) is 24.4 Å². The van der Waals surface area contributed by atoms with Crippen molar-refractivity contribution in [3.05, 3.63) is 76.0 Å². The number of hydrogen-bond acceptors (Lipinski definition) is 6. The molecule has 1 saturated heterocycles. The first kappa shape index (κ1) is 21.7. The molecule has 5 rings (SSSR count). The minimum absolute atomic E-state index is 0.0666. The Labute approximate surface area is 195 Å². The summed E-state index contributed by atoms with van der Waals surface area (Å²) in [7, 11) is -3.76. The van der Waals surface area contributed by atoms with Crippen molar-refractivity contribution < 1.29 is 17.9 Å². The van der Waals surface area contributed by atoms with Crippen LogP contribution in [0.2, 0.25) is 0 Å². The number of ether oxygens (including phenoxy) is 1. The van der Waals surface area contributed by atoms with Crippen molar-refractivity contribution in [3.8, 4) is 5.75 Å². The van der Waals surface area contributed by atoms with Crippen LogP contribution in [-0.2, 0) is 21.4 Å². The van der Waals surface area contributed by atoms with E-state index in [9.17, 15) is 18.0 Å². The summed E-state index contributed by atoms with van der Waals surface area (Å²) in [6, 6.07) is 15.3. The highest BCUT2D eigenvalue weighted by Crippen LogP contribution is 2.39. The highest BCUT2D eigenvalue weighted by Gasteiger charge is 2.38. The van der Waals surface area contributed by atoms with Crippen LogP contribution >= 0.6 is 11.3 Å². The lowest BCUT2D eigenvalue weighted by atomic mass is 9.82. The number of pyridine rings is 1. The van der Waals surface area contributed by atoms with E-state index in [-0.39, 0.29) is 34.1 Å². The van der Waals surface area contributed by atoms with E-state index in [2.05, 4.69) is 4.72 Å². The maximum atomic E-state index is 12.9. The van der Waals surface area contributed by atoms with Gasteiger partial charge in [-0.05, 0) is 42.0 Å². The van der Waals surface area contributed by atoms with Crippen LogP contribution in [0.25, 0.3) is 0 Å². The van der Waals surface area contributed by atoms with Gasteiger partial charge in [-0.2, -0.15) is 0 Å². The zero-order valence-electron chi connectivity index (χ0n) is 17.7. The van der Waals surface area contributed by atoms with Crippen molar-refractivity contribution in [1.82, 2.24) is 9.47 Å². The summed E-state index contributed by atoms with van der Waals surface area (Å²) >= 11 is 1.13. The number of likely N-dealkylation sites (tertiary alicyclic amines) is 1. The van der Waals surface area contributed by atoms with E-state index in [1.807, 2.05) is 18.2 Å². The molecule has 2 atom stereocenters. The van der Waals surface area contributed by atoms with Crippen molar-refractivity contribution in [2.45, 2.75) is 23.1 Å². The fourth-order valence-electron chi connectivity index (χ4n) is 4.67. The number of fused-ring (bicyclic) bond motifs is 4. The van der Waals surface area contributed by atoms with Gasteiger partial charge >= 0.3 is 0 Å². The van der Waals surface area contributed by atoms with Gasteiger partial charge in [0.05, 0.1) is 11.4 Å². The second-order valence-corrected chi connectivity index (χ2v) is 11.2. The Morgan fingerprint density at radius 1 is 1.06 bits per heavy atom. The van der Waals surface area contributed by atoms with Gasteiger partial charge < -0.3 is 14.2 Å². The number of benzene rings is 1. The van der Waals surface area contributed by atoms with Gasteiger partial charge in [0.2, 0.25) is 0 Å². The number of hydrogen-bond donors (Lipinski definition) is 1. The number of nitrogens with zero attached hydrogens (tertiary/aromatic N) is 2. The average molecular weight is 486 g/mol. The van der Waals surface area contributed by atoms with Crippen LogP contribution in [0.15, 0.2) is 69.0 Å². The fraction of sp³-hybridized carbons (Fsp3) is 0.304. The molecule has 8 nitrogen and oxygen atoms in total. The van der Waals surface area contributed by atoms with E-state index in [1.165, 1.54) is 12.1 Å². The molecule has 1 aromatic carbocycles. The number of thiophene rings is 1. The largest absolute Gasteiger partial charge is 0.484 e. The molecule has 172 valence electrons. The number of carbonyl (C=O) groups is 1. The Balaban J connectivity index is 1.39. The van der Waals surface area contributed by atoms with Crippen LogP contribution in [0, 0.1) is 5.92 Å². The molecule has 4 heterocycles. The molecule has 2 aliphatic heterocycles. The molecule has 0 aliphatic carbocycles. The Morgan fingerprint density at radius 3 is 2.64 bits per heavy atom. The number of para-hydroxylation sites is 1. The topological polar surface area (TPSA) is 97.7 Å². The first-order valence-electron chi connectivity index (χ1n) is 10.7. The predicted octanol–water partition coefficient (Wildman–Crippen LogP) is 2.74. The van der Waals surface area contributed by atoms with Crippen LogP contribution in [-0.4, -0.2) is 43.5 Å². The number of rotatable bonds is 6. The maximum absolute atomic E-state index is 12.9. The lowest BCUT2D eigenvalue weighted by molar-refractivity contribution is -0.136. The van der Waals surface area contributed by atoms with E-state index >= 15 is 0 Å². The van der Waals surface area contributed by atoms with E-state index in [1.54, 1.807) is 39.1 Å². The number of aromatic nitrogens is 1. The van der Waals surface area contributed by atoms with Crippen LogP contribution in [0.1, 0.15) is 18.0 Å². The Kier molecular flexibility index (Phi) is 5.71. The molecular formula is C23H23N3O5S2. The van der Waals surface area contributed by atoms with Gasteiger partial charge in [-0.15, -0.1) is 11.3 Å². The molecule has 1 fully saturated rings. The zero-order chi connectivity index (χ0) is 23.0. The number of anilines is 1. The van der Waals surface area contributed by atoms with Crippen molar-refractivity contribution in [3.63, 3.8) is 0 Å². The lowest BCUT2D eigenvalue weighted by Gasteiger charge is -2.43. The van der Waals surface area contributed by atoms with Gasteiger partial charge in [0.15, 0.2) is 6.61 Å². The fourth-order valence-corrected chi connectivity index (χ4v) is 6.74. The quantitative estimate of drug-likeness (QED) is 0.579. The minimum Gasteiger partial charge on any atom is -0.484 e. The summed E-state index contributed by atoms with van der Waals surface area (Å²) in [6.07, 6.45) is 0.792. The molecule has 2 unspecified atom stereocenters. The minimum atomic E-state index is -3.76. The molecule has 2 aromatic heterocycles. The zero-order valence-corrected chi connectivity index (χ0v) is 19.3. The summed E-state index contributed by atoms with van der Waals surface area (Å²) in [5, 5.41) is 1.70. The van der Waals surface area contributed by atoms with Gasteiger partial charge in [0.25, 0.3) is 21.5 Å². The third-order valence-electron chi connectivity index (χ3n) is 6.05. The van der Waals surface area contributed by atoms with Gasteiger partial charge in [-0.1, -0.05) is 24.3 Å². The van der Waals surface area contributed by atoms with E-state index in [4.69, 9.17) is 4.74 Å². The van der Waals surface area contributed by atoms with Crippen molar-refractivity contribution >= 4 is 33.0 Å². The molecule has 0 spiro atoms. The molecule has 33 heavy (non-hydrogen) atoms. The third-order valence-corrected chi connectivity index (χ3v) is 8.82. The van der Waals surface area contributed by atoms with E-state index in [0.29, 0.717) is 36.8 Å². The molecule has 0 radical (unpaired) electrons. The Morgan fingerprint density at radius 2 is 1.88 bits per heavy atom. The third kappa shape index (κ3) is 4.40. The first-order valence-corrected chi connectivity index (χ1v) is 13.0. The molecule has 0 saturated carbocycles. The monoisotopic (exact) mass is 485 g/mol. The molecule has 10 heteroatoms. The Bertz CT molecular complexity index is 1320. The molecule has 1 N–H and O–H groups in total. The van der Waals surface area contributed by atoms with Crippen LogP contribution in [0.3, 0.4) is 0 Å². The lowest BCUT2D eigenvalue weighted by Crippen LogP contribution is -2.50. The van der Waals surface area contributed by atoms with Gasteiger partial charge in [-0.3, -0.25) is 14.3 Å². The molecule has 1 amide bonds. The second kappa shape index (κ2) is 8.68. The summed E-state index contributed by atoms with van der Waals surface area (Å²) in [5.74, 6) is 0.484. The standard InChI is InChI=1S/C23H23N3O5S2/c27-20-9-8-19(24-33(29,30)22-7-4-10-32-22)23-17-11-16(13-26(20)23)12-25(14-17)21(28)15-31-18-5-2-1-3-6-18/h1-10,16-17,24H,11-15H2. The number of carbonyl (C=O) groups excluding carboxylic acids is 1. The summed E-state index contributed by atoms with van der Waals surface area (Å²) < 4.78 is 35.8. The van der Waals surface area contributed by atoms with Crippen LogP contribution in [0.4, 0.5) is 5.69 Å². The van der Waals surface area contributed by atoms with Crippen LogP contribution < -0.4 is 15.0 Å². The maximum Gasteiger partial charge on any atom is 0.271 e. The van der Waals surface area contributed by atoms with E-state index in [0.717, 1.165) is 17.8 Å². The Hall–Kier alpha value is -3.11. The smallest absolute Gasteiger partial charge is 0.271 e. The van der Waals surface area contributed by atoms with Crippen molar-refractivity contribution in [1.29, 1.82) is 0 Å². The van der Waals surface area contributed by atoms with Gasteiger partial charge in [0, 0.05) is 31.6 Å². The molecular weight excluding hydrogens is 462 g/mol. The summed E-state index contributed by atoms with van der Waals surface area (Å²) in [6.45, 7) is 1.33. The number of nitrogens with one attached hydrogen (secondary N) is 1. The van der Waals surface area contributed by atoms with E-state index < -0.39 is 10.0 Å². The normalized spacial score (nSPS) is 19.6. The SMILES string of the molecule is O=C(COc1ccccc1)N1CC2CC(C1)c1c(NS(=O)(=O)c3cccs3)ccc(=O)n1C2. The first-order chi connectivity index (χ1) is 15.9. The number of amides is 1. The number of sulfonamides is 1. The van der Waals surface area contributed by atoms with Gasteiger partial charge in [0.1, 0.15) is 9.96 Å². The summed E-state index contributed by atoms with van der Waals surface area (Å²) in [4.78, 5) is 27.2. The summed E-state index contributed by atoms with van der Waals surface area (Å²) in [5.41, 5.74) is 0.868. The van der Waals surface area contributed by atoms with Crippen LogP contribution in [0.5, 0.6) is 5.75 Å². The number of piperidine rings is 1. The highest BCUT2D eigenvalue weighted by molar-refractivity contribution is 7.94. The average Bonchev–Trinajstić information content (AvgIpc) is 3.36.